The maximum absolute atomic E-state index is 11.4. The van der Waals surface area contributed by atoms with Crippen LogP contribution in [0.5, 0.6) is 0 Å². The van der Waals surface area contributed by atoms with Crippen molar-refractivity contribution in [2.75, 3.05) is 6.61 Å². The Balaban J connectivity index is 1.77. The minimum absolute atomic E-state index is 0.142. The van der Waals surface area contributed by atoms with Crippen LogP contribution in [0.4, 0.5) is 0 Å². The Morgan fingerprint density at radius 1 is 1.20 bits per heavy atom. The Kier molecular flexibility index (Phi) is 5.33. The fraction of sp³-hybridized carbons (Fsp3) is 0.812. The largest absolute Gasteiger partial charge is 0.478 e. The molecule has 1 aliphatic carbocycles. The lowest BCUT2D eigenvalue weighted by atomic mass is 9.83. The van der Waals surface area contributed by atoms with Crippen molar-refractivity contribution in [2.45, 2.75) is 56.8 Å². The van der Waals surface area contributed by atoms with E-state index < -0.39 is 49.6 Å². The maximum Gasteiger partial charge on any atom is 0.334 e. The van der Waals surface area contributed by atoms with Crippen LogP contribution in [0.15, 0.2) is 11.8 Å². The Hall–Kier alpha value is -1.23. The van der Waals surface area contributed by atoms with E-state index >= 15 is 0 Å². The number of hydrogen-bond acceptors (Lipinski definition) is 8. The summed E-state index contributed by atoms with van der Waals surface area (Å²) in [5, 5.41) is 48.3. The lowest BCUT2D eigenvalue weighted by Crippen LogP contribution is -2.60. The van der Waals surface area contributed by atoms with E-state index in [1.807, 2.05) is 6.92 Å². The van der Waals surface area contributed by atoms with Crippen molar-refractivity contribution in [3.63, 3.8) is 0 Å². The van der Waals surface area contributed by atoms with Gasteiger partial charge < -0.3 is 39.7 Å². The molecule has 9 heteroatoms. The first-order chi connectivity index (χ1) is 11.8. The topological polar surface area (TPSA) is 146 Å². The summed E-state index contributed by atoms with van der Waals surface area (Å²) in [6.07, 6.45) is -5.10. The van der Waals surface area contributed by atoms with Gasteiger partial charge in [0.05, 0.1) is 18.4 Å². The molecule has 0 aromatic rings. The molecule has 2 fully saturated rings. The smallest absolute Gasteiger partial charge is 0.334 e. The van der Waals surface area contributed by atoms with Crippen molar-refractivity contribution in [3.8, 4) is 0 Å². The summed E-state index contributed by atoms with van der Waals surface area (Å²) in [4.78, 5) is 11.4. The van der Waals surface area contributed by atoms with E-state index in [2.05, 4.69) is 0 Å². The van der Waals surface area contributed by atoms with Gasteiger partial charge >= 0.3 is 5.97 Å². The van der Waals surface area contributed by atoms with E-state index in [1.54, 1.807) is 0 Å². The fourth-order valence-corrected chi connectivity index (χ4v) is 4.01. The molecular formula is C16H24O9. The summed E-state index contributed by atoms with van der Waals surface area (Å²) in [6.45, 7) is 1.42. The maximum atomic E-state index is 11.4. The van der Waals surface area contributed by atoms with Gasteiger partial charge in [0.1, 0.15) is 24.4 Å². The highest BCUT2D eigenvalue weighted by atomic mass is 16.8. The van der Waals surface area contributed by atoms with Gasteiger partial charge in [-0.25, -0.2) is 4.79 Å². The summed E-state index contributed by atoms with van der Waals surface area (Å²) >= 11 is 0. The zero-order valence-electron chi connectivity index (χ0n) is 13.8. The predicted molar refractivity (Wildman–Crippen MR) is 80.8 cm³/mol. The number of carboxylic acids is 1. The molecule has 3 rings (SSSR count). The molecule has 0 radical (unpaired) electrons. The summed E-state index contributed by atoms with van der Waals surface area (Å²) in [5.74, 6) is -1.35. The monoisotopic (exact) mass is 360 g/mol. The predicted octanol–water partition coefficient (Wildman–Crippen LogP) is -1.21. The van der Waals surface area contributed by atoms with Gasteiger partial charge in [0, 0.05) is 11.8 Å². The van der Waals surface area contributed by atoms with Crippen molar-refractivity contribution in [1.82, 2.24) is 0 Å². The van der Waals surface area contributed by atoms with E-state index in [-0.39, 0.29) is 23.3 Å². The van der Waals surface area contributed by atoms with Crippen molar-refractivity contribution in [2.24, 2.45) is 17.8 Å². The van der Waals surface area contributed by atoms with Crippen molar-refractivity contribution in [1.29, 1.82) is 0 Å². The van der Waals surface area contributed by atoms with Gasteiger partial charge in [-0.3, -0.25) is 0 Å². The lowest BCUT2D eigenvalue weighted by molar-refractivity contribution is -0.342. The molecule has 0 aromatic heterocycles. The van der Waals surface area contributed by atoms with Gasteiger partial charge in [0.2, 0.25) is 6.29 Å². The van der Waals surface area contributed by atoms with Gasteiger partial charge in [-0.1, -0.05) is 6.92 Å². The number of carboxylic acid groups (broad SMARTS) is 1. The molecule has 0 unspecified atom stereocenters. The van der Waals surface area contributed by atoms with Crippen LogP contribution in [-0.2, 0) is 19.0 Å². The van der Waals surface area contributed by atoms with Gasteiger partial charge in [-0.15, -0.1) is 0 Å². The standard InChI is InChI=1S/C16H24O9/c1-6-2-3-7-8(14(21)22)5-23-15(10(6)7)25-16-13(20)12(19)11(18)9(4-17)24-16/h5-7,9-13,15-20H,2-4H2,1H3,(H,21,22)/t6-,7-,9+,10-,11-,12-,13+,15+,16-/m0/s1. The number of fused-ring (bicyclic) bond motifs is 1. The van der Waals surface area contributed by atoms with Crippen molar-refractivity contribution < 1.29 is 44.5 Å². The van der Waals surface area contributed by atoms with Crippen LogP contribution in [-0.4, -0.2) is 75.1 Å². The number of aliphatic carboxylic acids is 1. The Bertz CT molecular complexity index is 534. The first-order valence-corrected chi connectivity index (χ1v) is 8.40. The van der Waals surface area contributed by atoms with Crippen molar-refractivity contribution >= 4 is 5.97 Å². The highest BCUT2D eigenvalue weighted by Gasteiger charge is 2.50. The molecular weight excluding hydrogens is 336 g/mol. The molecule has 0 bridgehead atoms. The number of hydrogen-bond donors (Lipinski definition) is 5. The molecule has 0 spiro atoms. The summed E-state index contributed by atoms with van der Waals surface area (Å²) < 4.78 is 16.5. The van der Waals surface area contributed by atoms with Crippen LogP contribution in [0.1, 0.15) is 19.8 Å². The Labute approximate surface area is 144 Å². The van der Waals surface area contributed by atoms with Crippen LogP contribution < -0.4 is 0 Å². The summed E-state index contributed by atoms with van der Waals surface area (Å²) in [5.41, 5.74) is 0.197. The second kappa shape index (κ2) is 7.18. The van der Waals surface area contributed by atoms with Gasteiger partial charge in [0.15, 0.2) is 6.29 Å². The third-order valence-electron chi connectivity index (χ3n) is 5.46. The molecule has 1 saturated carbocycles. The quantitative estimate of drug-likeness (QED) is 0.417. The molecule has 0 amide bonds. The average Bonchev–Trinajstić information content (AvgIpc) is 2.97. The third-order valence-corrected chi connectivity index (χ3v) is 5.46. The minimum atomic E-state index is -1.54. The van der Waals surface area contributed by atoms with Crippen LogP contribution >= 0.6 is 0 Å². The number of ether oxygens (including phenoxy) is 3. The molecule has 5 N–H and O–H groups in total. The molecule has 25 heavy (non-hydrogen) atoms. The zero-order chi connectivity index (χ0) is 18.3. The molecule has 9 atom stereocenters. The second-order valence-electron chi connectivity index (χ2n) is 6.95. The number of aliphatic hydroxyl groups is 4. The van der Waals surface area contributed by atoms with Gasteiger partial charge in [-0.05, 0) is 18.8 Å². The molecule has 142 valence electrons. The Morgan fingerprint density at radius 3 is 2.56 bits per heavy atom. The van der Waals surface area contributed by atoms with Crippen LogP contribution in [0, 0.1) is 17.8 Å². The normalized spacial score (nSPS) is 46.9. The molecule has 2 aliphatic heterocycles. The highest BCUT2D eigenvalue weighted by Crippen LogP contribution is 2.47. The number of rotatable bonds is 4. The highest BCUT2D eigenvalue weighted by molar-refractivity contribution is 5.87. The first kappa shape index (κ1) is 18.6. The molecule has 0 aromatic carbocycles. The minimum Gasteiger partial charge on any atom is -0.478 e. The summed E-state index contributed by atoms with van der Waals surface area (Å²) in [6, 6.07) is 0. The first-order valence-electron chi connectivity index (χ1n) is 8.40. The van der Waals surface area contributed by atoms with Crippen LogP contribution in [0.2, 0.25) is 0 Å². The zero-order valence-corrected chi connectivity index (χ0v) is 13.8. The van der Waals surface area contributed by atoms with Gasteiger partial charge in [-0.2, -0.15) is 0 Å². The van der Waals surface area contributed by atoms with E-state index in [0.717, 1.165) is 12.7 Å². The molecule has 1 saturated heterocycles. The number of carbonyl (C=O) groups is 1. The lowest BCUT2D eigenvalue weighted by Gasteiger charge is -2.43. The van der Waals surface area contributed by atoms with Gasteiger partial charge in [0.25, 0.3) is 0 Å². The van der Waals surface area contributed by atoms with Crippen LogP contribution in [0.3, 0.4) is 0 Å². The van der Waals surface area contributed by atoms with E-state index in [9.17, 15) is 30.3 Å². The molecule has 3 aliphatic rings. The Morgan fingerprint density at radius 2 is 1.92 bits per heavy atom. The van der Waals surface area contributed by atoms with Crippen LogP contribution in [0.25, 0.3) is 0 Å². The van der Waals surface area contributed by atoms with Crippen molar-refractivity contribution in [3.05, 3.63) is 11.8 Å². The SMILES string of the molecule is C[C@H]1CC[C@H]2C(C(=O)O)=CO[C@H](O[C@@H]3O[C@H](CO)[C@H](O)[C@H](O)[C@H]3O)[C@@H]12. The van der Waals surface area contributed by atoms with E-state index in [1.165, 1.54) is 0 Å². The molecule has 2 heterocycles. The number of aliphatic hydroxyl groups excluding tert-OH is 4. The van der Waals surface area contributed by atoms with E-state index in [4.69, 9.17) is 14.2 Å². The average molecular weight is 360 g/mol. The fourth-order valence-electron chi connectivity index (χ4n) is 4.01. The summed E-state index contributed by atoms with van der Waals surface area (Å²) in [7, 11) is 0. The molecule has 9 nitrogen and oxygen atoms in total. The van der Waals surface area contributed by atoms with E-state index in [0.29, 0.717) is 6.42 Å². The second-order valence-corrected chi connectivity index (χ2v) is 6.95. The third kappa shape index (κ3) is 3.27.